The van der Waals surface area contributed by atoms with E-state index in [9.17, 15) is 15.3 Å². The first-order valence-electron chi connectivity index (χ1n) is 53.6. The molecule has 0 bridgehead atoms. The Kier molecular flexibility index (Phi) is 91.0. The summed E-state index contributed by atoms with van der Waals surface area (Å²) in [6.07, 6.45) is 134. The summed E-state index contributed by atoms with van der Waals surface area (Å²) in [5.41, 5.74) is 2.16. The Morgan fingerprint density at radius 3 is 0.924 bits per heavy atom. The minimum absolute atomic E-state index is 0.230. The van der Waals surface area contributed by atoms with Gasteiger partial charge in [-0.05, 0) is 153 Å². The van der Waals surface area contributed by atoms with Crippen LogP contribution in [-0.4, -0.2) is 45.8 Å². The van der Waals surface area contributed by atoms with Crippen molar-refractivity contribution >= 4 is 0 Å². The second-order valence-corrected chi connectivity index (χ2v) is 37.1. The Hall–Kier alpha value is -3.38. The van der Waals surface area contributed by atoms with Gasteiger partial charge in [0, 0.05) is 11.6 Å². The molecule has 119 heavy (non-hydrogen) atoms. The lowest BCUT2D eigenvalue weighted by molar-refractivity contribution is -0.0980. The fraction of sp³-hybridized carbons (Fsp3) is 0.807. The highest BCUT2D eigenvalue weighted by molar-refractivity contribution is 5.47. The zero-order valence-corrected chi connectivity index (χ0v) is 80.4. The average molecular weight is 1660 g/mol. The van der Waals surface area contributed by atoms with Crippen LogP contribution >= 0.6 is 0 Å². The molecule has 692 valence electrons. The molecule has 0 aliphatic carbocycles. The Morgan fingerprint density at radius 2 is 0.588 bits per heavy atom. The summed E-state index contributed by atoms with van der Waals surface area (Å²) in [6, 6.07) is 4.17. The predicted molar refractivity (Wildman–Crippen MR) is 533 cm³/mol. The number of hydrogen-bond donors (Lipinski definition) is 3. The number of aliphatic hydroxyl groups excluding tert-OH is 2. The summed E-state index contributed by atoms with van der Waals surface area (Å²) in [4.78, 5) is 0. The van der Waals surface area contributed by atoms with Gasteiger partial charge in [0.05, 0.1) is 18.3 Å². The lowest BCUT2D eigenvalue weighted by Gasteiger charge is -2.33. The van der Waals surface area contributed by atoms with E-state index in [1.807, 2.05) is 30.4 Å². The number of aliphatic hydroxyl groups is 2. The molecule has 0 heterocycles. The fourth-order valence-corrected chi connectivity index (χ4v) is 17.5. The van der Waals surface area contributed by atoms with E-state index >= 15 is 0 Å². The summed E-state index contributed by atoms with van der Waals surface area (Å²) in [5, 5.41) is 35.5. The van der Waals surface area contributed by atoms with E-state index < -0.39 is 18.3 Å². The van der Waals surface area contributed by atoms with Crippen molar-refractivity contribution in [3.63, 3.8) is 0 Å². The summed E-state index contributed by atoms with van der Waals surface area (Å²) in [6.45, 7) is 17.2. The molecule has 0 aliphatic heterocycles. The van der Waals surface area contributed by atoms with Crippen LogP contribution in [0.3, 0.4) is 0 Å². The average Bonchev–Trinajstić information content (AvgIpc) is 0.822. The second-order valence-electron chi connectivity index (χ2n) is 37.1. The molecule has 5 atom stereocenters. The number of allylic oxidation sites excluding steroid dienone is 12. The number of ether oxygens (including phenoxy) is 2. The molecule has 0 aromatic heterocycles. The maximum atomic E-state index is 12.3. The molecular formula is C114H206O5. The van der Waals surface area contributed by atoms with Crippen LogP contribution < -0.4 is 4.74 Å². The first-order chi connectivity index (χ1) is 58.8. The zero-order valence-electron chi connectivity index (χ0n) is 80.4. The third kappa shape index (κ3) is 80.2. The van der Waals surface area contributed by atoms with Crippen molar-refractivity contribution in [3.05, 3.63) is 121 Å². The smallest absolute Gasteiger partial charge is 0.125 e. The van der Waals surface area contributed by atoms with Gasteiger partial charge in [0.1, 0.15) is 23.7 Å². The van der Waals surface area contributed by atoms with Gasteiger partial charge in [0.2, 0.25) is 0 Å². The van der Waals surface area contributed by atoms with Gasteiger partial charge in [-0.2, -0.15) is 0 Å². The van der Waals surface area contributed by atoms with Crippen LogP contribution in [0.1, 0.15) is 559 Å². The highest BCUT2D eigenvalue weighted by Crippen LogP contribution is 2.34. The van der Waals surface area contributed by atoms with Crippen molar-refractivity contribution in [1.82, 2.24) is 0 Å². The van der Waals surface area contributed by atoms with Crippen LogP contribution in [0.4, 0.5) is 0 Å². The summed E-state index contributed by atoms with van der Waals surface area (Å²) in [5.74, 6) is 1.04. The van der Waals surface area contributed by atoms with Gasteiger partial charge >= 0.3 is 0 Å². The number of phenols is 1. The number of unbranched alkanes of at least 4 members (excludes halogenated alkanes) is 69. The van der Waals surface area contributed by atoms with Gasteiger partial charge in [-0.1, -0.05) is 511 Å². The lowest BCUT2D eigenvalue weighted by Crippen LogP contribution is -2.40. The third-order valence-corrected chi connectivity index (χ3v) is 25.5. The highest BCUT2D eigenvalue weighted by atomic mass is 16.6. The number of phenolic OH excluding ortho intramolecular Hbond substituents is 1. The summed E-state index contributed by atoms with van der Waals surface area (Å²) in [7, 11) is 0. The van der Waals surface area contributed by atoms with Gasteiger partial charge < -0.3 is 24.8 Å². The summed E-state index contributed by atoms with van der Waals surface area (Å²) >= 11 is 0. The molecule has 0 amide bonds. The highest BCUT2D eigenvalue weighted by Gasteiger charge is 2.30. The van der Waals surface area contributed by atoms with Crippen LogP contribution in [0.25, 0.3) is 0 Å². The quantitative estimate of drug-likeness (QED) is 0.0344. The normalized spacial score (nSPS) is 13.5. The monoisotopic (exact) mass is 1660 g/mol. The molecule has 0 fully saturated rings. The van der Waals surface area contributed by atoms with E-state index in [1.54, 1.807) is 0 Å². The van der Waals surface area contributed by atoms with E-state index in [2.05, 4.69) is 108 Å². The van der Waals surface area contributed by atoms with Crippen molar-refractivity contribution < 1.29 is 24.8 Å². The SMILES string of the molecule is C=CC=CC(OC(CCCCCCCCCCCCCCCC=C)C(CCCCCCCC)Oc1cc(O)c(CC=CC=CC(O)CCCCCCCCCCCC=CCCCCCCCC)c(CCCCCCCCCCCCCCCCCC=CCCCCCCCC)c1)C(O)CCCCCCCCCCCC=CCCCCCCCC. The molecule has 0 spiro atoms. The Morgan fingerprint density at radius 1 is 0.294 bits per heavy atom. The number of aromatic hydroxyl groups is 1. The third-order valence-electron chi connectivity index (χ3n) is 25.5. The van der Waals surface area contributed by atoms with Crippen molar-refractivity contribution in [1.29, 1.82) is 0 Å². The first kappa shape index (κ1) is 114. The topological polar surface area (TPSA) is 79.2 Å². The minimum Gasteiger partial charge on any atom is -0.508 e. The molecule has 0 saturated carbocycles. The second kappa shape index (κ2) is 95.3. The van der Waals surface area contributed by atoms with Crippen LogP contribution in [0.5, 0.6) is 11.5 Å². The molecule has 1 aromatic carbocycles. The maximum absolute atomic E-state index is 12.3. The van der Waals surface area contributed by atoms with Gasteiger partial charge in [0.25, 0.3) is 0 Å². The van der Waals surface area contributed by atoms with E-state index in [1.165, 1.54) is 449 Å². The summed E-state index contributed by atoms with van der Waals surface area (Å²) < 4.78 is 14.8. The van der Waals surface area contributed by atoms with E-state index in [4.69, 9.17) is 9.47 Å². The van der Waals surface area contributed by atoms with Crippen molar-refractivity contribution in [2.45, 2.75) is 591 Å². The van der Waals surface area contributed by atoms with Crippen LogP contribution in [-0.2, 0) is 17.6 Å². The Balaban J connectivity index is 3.24. The molecule has 5 heteroatoms. The molecular weight excluding hydrogens is 1450 g/mol. The molecule has 5 nitrogen and oxygen atoms in total. The molecule has 0 saturated heterocycles. The van der Waals surface area contributed by atoms with Gasteiger partial charge in [0.15, 0.2) is 0 Å². The lowest BCUT2D eigenvalue weighted by atomic mass is 9.96. The van der Waals surface area contributed by atoms with Crippen LogP contribution in [0, 0.1) is 0 Å². The van der Waals surface area contributed by atoms with E-state index in [0.717, 1.165) is 88.4 Å². The molecule has 0 aliphatic rings. The van der Waals surface area contributed by atoms with Gasteiger partial charge in [-0.25, -0.2) is 0 Å². The van der Waals surface area contributed by atoms with Crippen molar-refractivity contribution in [2.75, 3.05) is 0 Å². The van der Waals surface area contributed by atoms with E-state index in [0.29, 0.717) is 18.6 Å². The van der Waals surface area contributed by atoms with Crippen molar-refractivity contribution in [2.24, 2.45) is 0 Å². The van der Waals surface area contributed by atoms with Crippen molar-refractivity contribution in [3.8, 4) is 11.5 Å². The maximum Gasteiger partial charge on any atom is 0.125 e. The van der Waals surface area contributed by atoms with Crippen LogP contribution in [0.15, 0.2) is 110 Å². The largest absolute Gasteiger partial charge is 0.508 e. The number of aryl methyl sites for hydroxylation is 1. The number of hydrogen-bond acceptors (Lipinski definition) is 5. The van der Waals surface area contributed by atoms with Gasteiger partial charge in [-0.3, -0.25) is 0 Å². The van der Waals surface area contributed by atoms with E-state index in [-0.39, 0.29) is 12.2 Å². The molecule has 0 radical (unpaired) electrons. The predicted octanol–water partition coefficient (Wildman–Crippen LogP) is 38.1. The number of rotatable bonds is 98. The van der Waals surface area contributed by atoms with Crippen LogP contribution in [0.2, 0.25) is 0 Å². The Bertz CT molecular complexity index is 2390. The zero-order chi connectivity index (χ0) is 85.6. The molecule has 1 aromatic rings. The van der Waals surface area contributed by atoms with Gasteiger partial charge in [-0.15, -0.1) is 6.58 Å². The molecule has 1 rings (SSSR count). The first-order valence-corrected chi connectivity index (χ1v) is 53.6. The Labute approximate surface area is 744 Å². The molecule has 5 unspecified atom stereocenters. The minimum atomic E-state index is -0.624. The standard InChI is InChI=1S/C114H206O5/c1-7-13-19-24-29-33-37-41-45-48-51-52-53-54-55-56-59-60-64-67-71-75-79-83-89-96-106-104-108(105-111(117)109(106)99-92-88-91-98-107(115)97-90-84-80-76-72-68-65-61-57-49-46-42-38-34-30-25-20-14-8-2)118-113(102-94-86-28-23-17-11-5)114(103-95-87-82-78-74-70-63-44-40-36-32-27-22-16-10-4)119-112(101-18-12-6)110(116)100-93-85-81-77-73-69-66-62-58-50-47-43-39-35-31-26-21-15-9-3/h10,12,18,41-43,45-47,88,91-92,98,101,104-105,107,110,112-117H,4,6-9,11,13-17,19-40,44,48-87,89-90,93-97,99-100,102-103H2,1-3,5H3. The fourth-order valence-electron chi connectivity index (χ4n) is 17.5. The molecule has 3 N–H and O–H groups in total. The number of benzene rings is 1.